The van der Waals surface area contributed by atoms with Crippen molar-refractivity contribution < 1.29 is 19.4 Å². The Labute approximate surface area is 105 Å². The molecule has 0 spiro atoms. The first-order valence-electron chi connectivity index (χ1n) is 5.72. The van der Waals surface area contributed by atoms with Gasteiger partial charge in [-0.15, -0.1) is 0 Å². The van der Waals surface area contributed by atoms with Crippen molar-refractivity contribution in [1.82, 2.24) is 4.90 Å². The number of carbonyl (C=O) groups is 2. The summed E-state index contributed by atoms with van der Waals surface area (Å²) >= 11 is 0. The van der Waals surface area contributed by atoms with E-state index in [1.165, 1.54) is 12.0 Å². The van der Waals surface area contributed by atoms with E-state index in [2.05, 4.69) is 4.74 Å². The SMILES string of the molecule is COC(=O)C1CN(Cc2ccccc2)C(=O)C1O. The molecule has 1 aliphatic rings. The third kappa shape index (κ3) is 2.36. The van der Waals surface area contributed by atoms with Crippen molar-refractivity contribution >= 4 is 11.9 Å². The van der Waals surface area contributed by atoms with Gasteiger partial charge in [-0.3, -0.25) is 9.59 Å². The fourth-order valence-corrected chi connectivity index (χ4v) is 2.09. The van der Waals surface area contributed by atoms with E-state index in [1.807, 2.05) is 30.3 Å². The van der Waals surface area contributed by atoms with Crippen LogP contribution in [0.3, 0.4) is 0 Å². The maximum atomic E-state index is 11.8. The minimum Gasteiger partial charge on any atom is -0.469 e. The van der Waals surface area contributed by atoms with Gasteiger partial charge in [0.1, 0.15) is 12.0 Å². The molecule has 1 N–H and O–H groups in total. The minimum absolute atomic E-state index is 0.196. The third-order valence-electron chi connectivity index (χ3n) is 3.08. The van der Waals surface area contributed by atoms with Gasteiger partial charge in [0.2, 0.25) is 0 Å². The molecule has 96 valence electrons. The number of methoxy groups -OCH3 is 1. The van der Waals surface area contributed by atoms with E-state index in [0.29, 0.717) is 6.54 Å². The lowest BCUT2D eigenvalue weighted by Gasteiger charge is -2.15. The first kappa shape index (κ1) is 12.6. The lowest BCUT2D eigenvalue weighted by molar-refractivity contribution is -0.150. The zero-order chi connectivity index (χ0) is 13.1. The van der Waals surface area contributed by atoms with E-state index in [0.717, 1.165) is 5.56 Å². The molecule has 2 rings (SSSR count). The summed E-state index contributed by atoms with van der Waals surface area (Å²) in [6.45, 7) is 0.589. The highest BCUT2D eigenvalue weighted by Crippen LogP contribution is 2.21. The van der Waals surface area contributed by atoms with Gasteiger partial charge < -0.3 is 14.7 Å². The Bertz CT molecular complexity index is 446. The topological polar surface area (TPSA) is 66.8 Å². The average Bonchev–Trinajstić information content (AvgIpc) is 2.67. The van der Waals surface area contributed by atoms with Gasteiger partial charge in [-0.2, -0.15) is 0 Å². The second kappa shape index (κ2) is 5.18. The smallest absolute Gasteiger partial charge is 0.313 e. The number of amides is 1. The molecule has 2 atom stereocenters. The predicted molar refractivity (Wildman–Crippen MR) is 63.4 cm³/mol. The van der Waals surface area contributed by atoms with E-state index < -0.39 is 23.9 Å². The number of esters is 1. The molecule has 0 aromatic heterocycles. The van der Waals surface area contributed by atoms with Crippen molar-refractivity contribution in [2.45, 2.75) is 12.6 Å². The number of aliphatic hydroxyl groups excluding tert-OH is 1. The third-order valence-corrected chi connectivity index (χ3v) is 3.08. The van der Waals surface area contributed by atoms with Crippen LogP contribution in [0.1, 0.15) is 5.56 Å². The Balaban J connectivity index is 2.07. The van der Waals surface area contributed by atoms with Crippen LogP contribution in [0, 0.1) is 5.92 Å². The molecule has 1 heterocycles. The number of nitrogens with zero attached hydrogens (tertiary/aromatic N) is 1. The van der Waals surface area contributed by atoms with Gasteiger partial charge in [0.15, 0.2) is 0 Å². The molecular formula is C13H15NO4. The van der Waals surface area contributed by atoms with E-state index >= 15 is 0 Å². The van der Waals surface area contributed by atoms with Crippen molar-refractivity contribution in [3.05, 3.63) is 35.9 Å². The maximum Gasteiger partial charge on any atom is 0.313 e. The van der Waals surface area contributed by atoms with Crippen LogP contribution in [0.2, 0.25) is 0 Å². The predicted octanol–water partition coefficient (Wildman–Crippen LogP) is 0.179. The second-order valence-electron chi connectivity index (χ2n) is 4.28. The number of hydrogen-bond donors (Lipinski definition) is 1. The number of rotatable bonds is 3. The van der Waals surface area contributed by atoms with Gasteiger partial charge >= 0.3 is 5.97 Å². The molecule has 0 aliphatic carbocycles. The molecule has 1 saturated heterocycles. The van der Waals surface area contributed by atoms with Gasteiger partial charge in [0.25, 0.3) is 5.91 Å². The highest BCUT2D eigenvalue weighted by Gasteiger charge is 2.43. The maximum absolute atomic E-state index is 11.8. The molecule has 1 fully saturated rings. The number of aliphatic hydroxyl groups is 1. The molecule has 1 aliphatic heterocycles. The van der Waals surface area contributed by atoms with Crippen LogP contribution in [0.25, 0.3) is 0 Å². The number of benzene rings is 1. The molecule has 5 heteroatoms. The molecule has 1 aromatic rings. The summed E-state index contributed by atoms with van der Waals surface area (Å²) in [6, 6.07) is 9.44. The summed E-state index contributed by atoms with van der Waals surface area (Å²) in [4.78, 5) is 24.7. The molecule has 0 radical (unpaired) electrons. The normalized spacial score (nSPS) is 23.2. The largest absolute Gasteiger partial charge is 0.469 e. The molecule has 2 unspecified atom stereocenters. The van der Waals surface area contributed by atoms with Crippen molar-refractivity contribution in [1.29, 1.82) is 0 Å². The standard InChI is InChI=1S/C13H15NO4/c1-18-13(17)10-8-14(12(16)11(10)15)7-9-5-3-2-4-6-9/h2-6,10-11,15H,7-8H2,1H3. The van der Waals surface area contributed by atoms with Gasteiger partial charge in [-0.05, 0) is 5.56 Å². The van der Waals surface area contributed by atoms with Gasteiger partial charge in [-0.1, -0.05) is 30.3 Å². The van der Waals surface area contributed by atoms with Gasteiger partial charge in [0.05, 0.1) is 7.11 Å². The lowest BCUT2D eigenvalue weighted by Crippen LogP contribution is -2.30. The number of hydrogen-bond acceptors (Lipinski definition) is 4. The van der Waals surface area contributed by atoms with Crippen molar-refractivity contribution in [3.63, 3.8) is 0 Å². The van der Waals surface area contributed by atoms with Crippen LogP contribution in [0.15, 0.2) is 30.3 Å². The van der Waals surface area contributed by atoms with Crippen LogP contribution in [0.4, 0.5) is 0 Å². The summed E-state index contributed by atoms with van der Waals surface area (Å²) < 4.78 is 4.57. The van der Waals surface area contributed by atoms with Gasteiger partial charge in [-0.25, -0.2) is 0 Å². The van der Waals surface area contributed by atoms with Crippen LogP contribution < -0.4 is 0 Å². The highest BCUT2D eigenvalue weighted by molar-refractivity contribution is 5.90. The second-order valence-corrected chi connectivity index (χ2v) is 4.28. The summed E-state index contributed by atoms with van der Waals surface area (Å²) in [6.07, 6.45) is -1.29. The summed E-state index contributed by atoms with van der Waals surface area (Å²) in [5.41, 5.74) is 0.962. The Morgan fingerprint density at radius 1 is 1.44 bits per heavy atom. The van der Waals surface area contributed by atoms with E-state index in [-0.39, 0.29) is 6.54 Å². The fourth-order valence-electron chi connectivity index (χ4n) is 2.09. The van der Waals surface area contributed by atoms with Crippen LogP contribution in [-0.4, -0.2) is 41.6 Å². The zero-order valence-electron chi connectivity index (χ0n) is 10.1. The first-order valence-corrected chi connectivity index (χ1v) is 5.72. The number of likely N-dealkylation sites (tertiary alicyclic amines) is 1. The van der Waals surface area contributed by atoms with Crippen molar-refractivity contribution in [3.8, 4) is 0 Å². The summed E-state index contributed by atoms with van der Waals surface area (Å²) in [5.74, 6) is -1.76. The van der Waals surface area contributed by atoms with E-state index in [4.69, 9.17) is 0 Å². The molecule has 0 bridgehead atoms. The molecule has 1 amide bonds. The zero-order valence-corrected chi connectivity index (χ0v) is 10.1. The molecule has 18 heavy (non-hydrogen) atoms. The molecule has 0 saturated carbocycles. The van der Waals surface area contributed by atoms with Crippen molar-refractivity contribution in [2.24, 2.45) is 5.92 Å². The molecular weight excluding hydrogens is 234 g/mol. The highest BCUT2D eigenvalue weighted by atomic mass is 16.5. The van der Waals surface area contributed by atoms with E-state index in [1.54, 1.807) is 0 Å². The molecule has 1 aromatic carbocycles. The molecule has 5 nitrogen and oxygen atoms in total. The van der Waals surface area contributed by atoms with Crippen LogP contribution >= 0.6 is 0 Å². The Kier molecular flexibility index (Phi) is 3.62. The van der Waals surface area contributed by atoms with Crippen LogP contribution in [-0.2, 0) is 20.9 Å². The number of ether oxygens (including phenoxy) is 1. The van der Waals surface area contributed by atoms with Crippen LogP contribution in [0.5, 0.6) is 0 Å². The summed E-state index contributed by atoms with van der Waals surface area (Å²) in [5, 5.41) is 9.72. The lowest BCUT2D eigenvalue weighted by atomic mass is 10.1. The van der Waals surface area contributed by atoms with Gasteiger partial charge in [0, 0.05) is 13.1 Å². The Hall–Kier alpha value is -1.88. The quantitative estimate of drug-likeness (QED) is 0.776. The monoisotopic (exact) mass is 249 g/mol. The van der Waals surface area contributed by atoms with E-state index in [9.17, 15) is 14.7 Å². The Morgan fingerprint density at radius 3 is 2.72 bits per heavy atom. The van der Waals surface area contributed by atoms with Crippen molar-refractivity contribution in [2.75, 3.05) is 13.7 Å². The first-order chi connectivity index (χ1) is 8.63. The average molecular weight is 249 g/mol. The Morgan fingerprint density at radius 2 is 2.11 bits per heavy atom. The number of carbonyl (C=O) groups excluding carboxylic acids is 2. The fraction of sp³-hybridized carbons (Fsp3) is 0.385. The minimum atomic E-state index is -1.29. The summed E-state index contributed by atoms with van der Waals surface area (Å²) in [7, 11) is 1.25.